The molecule has 0 unspecified atom stereocenters. The number of aromatic amines is 1. The van der Waals surface area contributed by atoms with Crippen LogP contribution in [0.5, 0.6) is 0 Å². The Kier molecular flexibility index (Phi) is 10.6. The number of hydrogen-bond acceptors (Lipinski definition) is 9. The van der Waals surface area contributed by atoms with Crippen LogP contribution in [-0.4, -0.2) is 85.8 Å². The molecule has 0 bridgehead atoms. The molecule has 1 saturated heterocycles. The van der Waals surface area contributed by atoms with Crippen molar-refractivity contribution >= 4 is 23.9 Å². The molecule has 0 aromatic carbocycles. The summed E-state index contributed by atoms with van der Waals surface area (Å²) in [7, 11) is 0. The number of unbranched alkanes of at least 4 members (excludes halogenated alkanes) is 3. The zero-order chi connectivity index (χ0) is 30.2. The molecule has 1 aromatic heterocycles. The predicted molar refractivity (Wildman–Crippen MR) is 149 cm³/mol. The summed E-state index contributed by atoms with van der Waals surface area (Å²) >= 11 is 0. The van der Waals surface area contributed by atoms with Crippen LogP contribution in [-0.2, 0) is 23.9 Å². The van der Waals surface area contributed by atoms with E-state index in [0.717, 1.165) is 19.3 Å². The summed E-state index contributed by atoms with van der Waals surface area (Å²) in [5, 5.41) is 19.7. The molecule has 1 aromatic rings. The Labute approximate surface area is 240 Å². The molecule has 3 N–H and O–H groups in total. The van der Waals surface area contributed by atoms with Gasteiger partial charge in [0.2, 0.25) is 11.8 Å². The SMILES string of the molecule is C=CCCCCC[C@H](NC(=O)OC(C)(C)C)C(=O)N1C[C@H](c2nn[nH]n2)C[C@H]1C(=O)N[C@]1(C(=O)OCC)C[C@H]1C=C. The molecular formula is C28H43N7O6. The Balaban J connectivity index is 1.84. The summed E-state index contributed by atoms with van der Waals surface area (Å²) in [5.74, 6) is -1.74. The Morgan fingerprint density at radius 1 is 1.22 bits per heavy atom. The van der Waals surface area contributed by atoms with Crippen LogP contribution in [0.2, 0.25) is 0 Å². The van der Waals surface area contributed by atoms with Crippen molar-refractivity contribution in [1.29, 1.82) is 0 Å². The number of H-pyrrole nitrogens is 1. The van der Waals surface area contributed by atoms with Gasteiger partial charge in [-0.15, -0.1) is 23.4 Å². The van der Waals surface area contributed by atoms with E-state index >= 15 is 0 Å². The molecule has 2 aliphatic rings. The molecule has 1 saturated carbocycles. The number of alkyl carbamates (subject to hydrolysis) is 1. The van der Waals surface area contributed by atoms with E-state index in [2.05, 4.69) is 44.4 Å². The smallest absolute Gasteiger partial charge is 0.408 e. The van der Waals surface area contributed by atoms with Crippen molar-refractivity contribution in [3.05, 3.63) is 31.1 Å². The average Bonchev–Trinajstić information content (AvgIpc) is 3.24. The first-order chi connectivity index (χ1) is 19.5. The Morgan fingerprint density at radius 2 is 1.98 bits per heavy atom. The van der Waals surface area contributed by atoms with Crippen molar-refractivity contribution < 1.29 is 28.7 Å². The van der Waals surface area contributed by atoms with Gasteiger partial charge in [0.25, 0.3) is 0 Å². The number of nitrogens with zero attached hydrogens (tertiary/aromatic N) is 4. The van der Waals surface area contributed by atoms with Gasteiger partial charge in [-0.2, -0.15) is 5.21 Å². The van der Waals surface area contributed by atoms with Crippen LogP contribution in [0.15, 0.2) is 25.3 Å². The minimum Gasteiger partial charge on any atom is -0.464 e. The molecule has 1 aliphatic heterocycles. The quantitative estimate of drug-likeness (QED) is 0.172. The van der Waals surface area contributed by atoms with Crippen LogP contribution in [0.1, 0.15) is 84.4 Å². The van der Waals surface area contributed by atoms with Crippen molar-refractivity contribution in [2.24, 2.45) is 5.92 Å². The van der Waals surface area contributed by atoms with Crippen LogP contribution in [0.4, 0.5) is 4.79 Å². The van der Waals surface area contributed by atoms with Crippen LogP contribution in [0.3, 0.4) is 0 Å². The summed E-state index contributed by atoms with van der Waals surface area (Å²) in [6.45, 7) is 14.7. The van der Waals surface area contributed by atoms with Gasteiger partial charge in [-0.3, -0.25) is 9.59 Å². The van der Waals surface area contributed by atoms with Gasteiger partial charge in [-0.1, -0.05) is 30.2 Å². The number of carbonyl (C=O) groups excluding carboxylic acids is 4. The van der Waals surface area contributed by atoms with E-state index in [4.69, 9.17) is 9.47 Å². The van der Waals surface area contributed by atoms with Gasteiger partial charge in [0.15, 0.2) is 5.82 Å². The maximum Gasteiger partial charge on any atom is 0.408 e. The number of carbonyl (C=O) groups is 4. The third-order valence-electron chi connectivity index (χ3n) is 7.29. The number of aromatic nitrogens is 4. The highest BCUT2D eigenvalue weighted by Crippen LogP contribution is 2.46. The third-order valence-corrected chi connectivity index (χ3v) is 7.29. The highest BCUT2D eigenvalue weighted by Gasteiger charge is 2.62. The zero-order valence-corrected chi connectivity index (χ0v) is 24.5. The maximum atomic E-state index is 14.0. The van der Waals surface area contributed by atoms with E-state index < -0.39 is 47.1 Å². The highest BCUT2D eigenvalue weighted by molar-refractivity contribution is 5.96. The molecule has 2 fully saturated rings. The largest absolute Gasteiger partial charge is 0.464 e. The monoisotopic (exact) mass is 573 g/mol. The minimum atomic E-state index is -1.22. The molecule has 0 spiro atoms. The molecule has 13 heteroatoms. The van der Waals surface area contributed by atoms with Crippen LogP contribution >= 0.6 is 0 Å². The fourth-order valence-electron chi connectivity index (χ4n) is 5.14. The molecule has 0 radical (unpaired) electrons. The molecule has 1 aliphatic carbocycles. The van der Waals surface area contributed by atoms with Crippen molar-refractivity contribution in [1.82, 2.24) is 36.2 Å². The number of amides is 3. The van der Waals surface area contributed by atoms with Crippen LogP contribution < -0.4 is 10.6 Å². The third kappa shape index (κ3) is 8.14. The average molecular weight is 574 g/mol. The number of nitrogens with one attached hydrogen (secondary N) is 3. The Morgan fingerprint density at radius 3 is 2.56 bits per heavy atom. The van der Waals surface area contributed by atoms with E-state index in [9.17, 15) is 19.2 Å². The van der Waals surface area contributed by atoms with E-state index in [1.807, 2.05) is 6.08 Å². The van der Waals surface area contributed by atoms with Gasteiger partial charge in [0, 0.05) is 18.4 Å². The molecule has 3 amide bonds. The summed E-state index contributed by atoms with van der Waals surface area (Å²) in [4.78, 5) is 54.7. The first-order valence-electron chi connectivity index (χ1n) is 14.2. The lowest BCUT2D eigenvalue weighted by Gasteiger charge is -2.30. The van der Waals surface area contributed by atoms with Gasteiger partial charge in [0.05, 0.1) is 6.61 Å². The standard InChI is InChI=1S/C28H43N7O6/c1-7-10-11-12-13-14-20(29-26(39)41-27(4,5)6)24(37)35-17-18(22-31-33-34-32-22)15-21(35)23(36)30-28(16-19(28)8-2)25(38)40-9-3/h7-8,18-21H,1-2,9-17H2,3-6H3,(H,29,39)(H,30,36)(H,31,32,33,34)/t18-,19-,20+,21+,28-/m1/s1. The lowest BCUT2D eigenvalue weighted by Crippen LogP contribution is -2.56. The number of tetrazole rings is 1. The molecule has 2 heterocycles. The van der Waals surface area contributed by atoms with Crippen molar-refractivity contribution in [3.8, 4) is 0 Å². The fraction of sp³-hybridized carbons (Fsp3) is 0.679. The second-order valence-corrected chi connectivity index (χ2v) is 11.6. The molecule has 41 heavy (non-hydrogen) atoms. The van der Waals surface area contributed by atoms with Gasteiger partial charge in [0.1, 0.15) is 23.2 Å². The van der Waals surface area contributed by atoms with Crippen LogP contribution in [0.25, 0.3) is 0 Å². The zero-order valence-electron chi connectivity index (χ0n) is 24.5. The normalized spacial score (nSPS) is 24.2. The van der Waals surface area contributed by atoms with E-state index in [-0.39, 0.29) is 31.4 Å². The minimum absolute atomic E-state index is 0.136. The van der Waals surface area contributed by atoms with Crippen molar-refractivity contribution in [3.63, 3.8) is 0 Å². The lowest BCUT2D eigenvalue weighted by molar-refractivity contribution is -0.150. The summed E-state index contributed by atoms with van der Waals surface area (Å²) in [6.07, 6.45) is 6.95. The molecular weight excluding hydrogens is 530 g/mol. The first-order valence-corrected chi connectivity index (χ1v) is 14.2. The highest BCUT2D eigenvalue weighted by atomic mass is 16.6. The fourth-order valence-corrected chi connectivity index (χ4v) is 5.14. The van der Waals surface area contributed by atoms with E-state index in [1.54, 1.807) is 33.8 Å². The van der Waals surface area contributed by atoms with Gasteiger partial charge in [-0.05, 0) is 59.8 Å². The number of hydrogen-bond donors (Lipinski definition) is 3. The number of allylic oxidation sites excluding steroid dienone is 1. The number of rotatable bonds is 14. The summed E-state index contributed by atoms with van der Waals surface area (Å²) < 4.78 is 10.7. The van der Waals surface area contributed by atoms with Gasteiger partial charge in [-0.25, -0.2) is 9.59 Å². The predicted octanol–water partition coefficient (Wildman–Crippen LogP) is 2.54. The van der Waals surface area contributed by atoms with E-state index in [0.29, 0.717) is 25.1 Å². The van der Waals surface area contributed by atoms with Crippen LogP contribution in [0, 0.1) is 5.92 Å². The number of esters is 1. The topological polar surface area (TPSA) is 168 Å². The molecule has 226 valence electrons. The molecule has 13 nitrogen and oxygen atoms in total. The van der Waals surface area contributed by atoms with Crippen molar-refractivity contribution in [2.75, 3.05) is 13.2 Å². The second kappa shape index (κ2) is 13.7. The Hall–Kier alpha value is -3.77. The van der Waals surface area contributed by atoms with E-state index in [1.165, 1.54) is 4.90 Å². The lowest BCUT2D eigenvalue weighted by atomic mass is 10.0. The summed E-state index contributed by atoms with van der Waals surface area (Å²) in [6, 6.07) is -1.86. The summed E-state index contributed by atoms with van der Waals surface area (Å²) in [5.41, 5.74) is -1.97. The number of likely N-dealkylation sites (tertiary alicyclic amines) is 1. The first kappa shape index (κ1) is 31.8. The maximum absolute atomic E-state index is 14.0. The Bertz CT molecular complexity index is 1100. The van der Waals surface area contributed by atoms with Gasteiger partial charge >= 0.3 is 12.1 Å². The van der Waals surface area contributed by atoms with Crippen molar-refractivity contribution in [2.45, 2.75) is 102 Å². The van der Waals surface area contributed by atoms with Gasteiger partial charge < -0.3 is 25.0 Å². The second-order valence-electron chi connectivity index (χ2n) is 11.6. The molecule has 5 atom stereocenters. The number of ether oxygens (including phenoxy) is 2. The molecule has 3 rings (SSSR count).